The van der Waals surface area contributed by atoms with Crippen molar-refractivity contribution in [3.63, 3.8) is 0 Å². The molecule has 6 rings (SSSR count). The Morgan fingerprint density at radius 3 is 2.15 bits per heavy atom. The quantitative estimate of drug-likeness (QED) is 0.0910. The van der Waals surface area contributed by atoms with E-state index in [9.17, 15) is 9.90 Å². The first-order valence-corrected chi connectivity index (χ1v) is 19.3. The van der Waals surface area contributed by atoms with E-state index < -0.39 is 0 Å². The van der Waals surface area contributed by atoms with Crippen molar-refractivity contribution in [3.8, 4) is 11.3 Å². The molecule has 1 fully saturated rings. The molecule has 0 amide bonds. The molecule has 0 atom stereocenters. The molecule has 4 nitrogen and oxygen atoms in total. The summed E-state index contributed by atoms with van der Waals surface area (Å²) in [4.78, 5) is 17.4. The van der Waals surface area contributed by atoms with Crippen molar-refractivity contribution in [3.05, 3.63) is 88.7 Å². The minimum absolute atomic E-state index is 0. The number of pyridine rings is 1. The van der Waals surface area contributed by atoms with Crippen LogP contribution in [0.25, 0.3) is 44.1 Å². The van der Waals surface area contributed by atoms with Crippen LogP contribution in [0.5, 0.6) is 0 Å². The fraction of sp³-hybridized carbons (Fsp3) is 0.489. The topological polar surface area (TPSA) is 63.3 Å². The van der Waals surface area contributed by atoms with Crippen LogP contribution < -0.4 is 0 Å². The number of fused-ring (bicyclic) bond motifs is 4. The van der Waals surface area contributed by atoms with Crippen molar-refractivity contribution < 1.29 is 34.4 Å². The fourth-order valence-electron chi connectivity index (χ4n) is 7.72. The Bertz CT molecular complexity index is 2070. The summed E-state index contributed by atoms with van der Waals surface area (Å²) in [7, 11) is 0. The molecule has 1 aliphatic rings. The largest absolute Gasteiger partial charge is 0.512 e. The molecule has 2 aromatic heterocycles. The summed E-state index contributed by atoms with van der Waals surface area (Å²) in [5.41, 5.74) is 9.84. The SMILES string of the molecule is CCC(C)(CC)C(=O)/C=C(\O)C(C)(CC)CC.Cc1[c-]c(-c2cc(C3CCC(C)(C)CC3)c3c(C)cc(C)cc3n2)c2oc3ccccc3c2c1.[Ir]. The van der Waals surface area contributed by atoms with Crippen LogP contribution in [0.4, 0.5) is 0 Å². The number of ketones is 1. The second kappa shape index (κ2) is 16.4. The second-order valence-corrected chi connectivity index (χ2v) is 16.6. The monoisotopic (exact) mass is 879 g/mol. The Hall–Kier alpha value is -3.27. The Labute approximate surface area is 326 Å². The van der Waals surface area contributed by atoms with E-state index in [-0.39, 0.29) is 42.5 Å². The maximum absolute atomic E-state index is 12.2. The van der Waals surface area contributed by atoms with E-state index in [1.54, 1.807) is 0 Å². The third-order valence-electron chi connectivity index (χ3n) is 12.5. The fourth-order valence-corrected chi connectivity index (χ4v) is 7.72. The molecule has 0 bridgehead atoms. The minimum Gasteiger partial charge on any atom is -0.512 e. The van der Waals surface area contributed by atoms with E-state index in [0.29, 0.717) is 11.3 Å². The number of carbonyl (C=O) groups is 1. The van der Waals surface area contributed by atoms with Gasteiger partial charge in [0.05, 0.1) is 11.1 Å². The molecule has 1 radical (unpaired) electrons. The number of aromatic nitrogens is 1. The van der Waals surface area contributed by atoms with Gasteiger partial charge in [0, 0.05) is 47.8 Å². The predicted molar refractivity (Wildman–Crippen MR) is 216 cm³/mol. The van der Waals surface area contributed by atoms with E-state index in [0.717, 1.165) is 70.0 Å². The molecule has 281 valence electrons. The zero-order chi connectivity index (χ0) is 37.3. The molecule has 5 aromatic rings. The number of furan rings is 1. The van der Waals surface area contributed by atoms with Gasteiger partial charge in [0.25, 0.3) is 0 Å². The number of para-hydroxylation sites is 1. The van der Waals surface area contributed by atoms with Gasteiger partial charge in [-0.25, -0.2) is 0 Å². The zero-order valence-electron chi connectivity index (χ0n) is 33.5. The standard InChI is InChI=1S/C32H32NO.C15H28O2.Ir/c1-19-14-21(3)30-24(22-10-12-32(4,5)13-11-22)18-27(33-28(30)17-19)26-16-20(2)15-25-23-8-6-7-9-29(23)34-31(25)26;1-7-14(5,8-2)12(16)11-13(17)15(6,9-3)10-4;/h6-9,14-15,17-18,22H,10-13H2,1-5H3;11,16H,7-10H2,1-6H3;/q-1;;/b;12-11-;. The van der Waals surface area contributed by atoms with Gasteiger partial charge in [0.2, 0.25) is 0 Å². The van der Waals surface area contributed by atoms with Crippen LogP contribution in [0.3, 0.4) is 0 Å². The Morgan fingerprint density at radius 1 is 0.923 bits per heavy atom. The summed E-state index contributed by atoms with van der Waals surface area (Å²) in [6, 6.07) is 21.0. The van der Waals surface area contributed by atoms with Gasteiger partial charge in [-0.15, -0.1) is 17.7 Å². The van der Waals surface area contributed by atoms with Crippen molar-refractivity contribution >= 4 is 38.6 Å². The number of benzene rings is 3. The van der Waals surface area contributed by atoms with Crippen molar-refractivity contribution in [2.45, 2.75) is 133 Å². The van der Waals surface area contributed by atoms with E-state index in [1.165, 1.54) is 53.8 Å². The van der Waals surface area contributed by atoms with E-state index in [2.05, 4.69) is 77.1 Å². The summed E-state index contributed by atoms with van der Waals surface area (Å²) in [5.74, 6) is 0.850. The molecular weight excluding hydrogens is 819 g/mol. The molecule has 1 saturated carbocycles. The number of allylic oxidation sites excluding steroid dienone is 2. The summed E-state index contributed by atoms with van der Waals surface area (Å²) < 4.78 is 6.39. The van der Waals surface area contributed by atoms with Crippen LogP contribution in [-0.4, -0.2) is 15.9 Å². The molecule has 3 aromatic carbocycles. The van der Waals surface area contributed by atoms with Gasteiger partial charge in [0.15, 0.2) is 5.78 Å². The van der Waals surface area contributed by atoms with E-state index >= 15 is 0 Å². The molecule has 1 N–H and O–H groups in total. The number of aliphatic hydroxyl groups excluding tert-OH is 1. The molecule has 2 heterocycles. The van der Waals surface area contributed by atoms with E-state index in [4.69, 9.17) is 9.40 Å². The smallest absolute Gasteiger partial charge is 0.164 e. The van der Waals surface area contributed by atoms with Crippen molar-refractivity contribution in [1.82, 2.24) is 4.98 Å². The van der Waals surface area contributed by atoms with Gasteiger partial charge in [-0.2, -0.15) is 0 Å². The Morgan fingerprint density at radius 2 is 1.54 bits per heavy atom. The minimum atomic E-state index is -0.337. The molecule has 0 aliphatic heterocycles. The molecule has 5 heteroatoms. The van der Waals surface area contributed by atoms with Crippen LogP contribution >= 0.6 is 0 Å². The number of hydrogen-bond donors (Lipinski definition) is 1. The number of nitrogens with zero attached hydrogens (tertiary/aromatic N) is 1. The van der Waals surface area contributed by atoms with E-state index in [1.807, 2.05) is 53.7 Å². The first-order chi connectivity index (χ1) is 24.1. The maximum atomic E-state index is 12.2. The third kappa shape index (κ3) is 8.42. The number of aryl methyl sites for hydroxylation is 3. The summed E-state index contributed by atoms with van der Waals surface area (Å²) >= 11 is 0. The summed E-state index contributed by atoms with van der Waals surface area (Å²) in [5, 5.41) is 13.8. The first-order valence-electron chi connectivity index (χ1n) is 19.3. The average molecular weight is 879 g/mol. The zero-order valence-corrected chi connectivity index (χ0v) is 35.9. The molecule has 0 saturated heterocycles. The number of hydrogen-bond acceptors (Lipinski definition) is 4. The molecule has 0 spiro atoms. The van der Waals surface area contributed by atoms with Crippen molar-refractivity contribution in [2.24, 2.45) is 16.2 Å². The van der Waals surface area contributed by atoms with Gasteiger partial charge in [-0.05, 0) is 111 Å². The van der Waals surface area contributed by atoms with Crippen LogP contribution in [0.15, 0.2) is 64.8 Å². The number of rotatable bonds is 9. The summed E-state index contributed by atoms with van der Waals surface area (Å²) in [6.45, 7) is 23.4. The Balaban J connectivity index is 0.000000289. The maximum Gasteiger partial charge on any atom is 0.164 e. The van der Waals surface area contributed by atoms with Crippen LogP contribution in [0.2, 0.25) is 0 Å². The molecule has 52 heavy (non-hydrogen) atoms. The summed E-state index contributed by atoms with van der Waals surface area (Å²) in [6.07, 6.45) is 9.76. The molecular formula is C47H60IrNO3-. The Kier molecular flexibility index (Phi) is 13.1. The molecule has 1 aliphatic carbocycles. The second-order valence-electron chi connectivity index (χ2n) is 16.6. The number of carbonyl (C=O) groups excluding carboxylic acids is 1. The van der Waals surface area contributed by atoms with Gasteiger partial charge in [-0.3, -0.25) is 9.78 Å². The van der Waals surface area contributed by atoms with Crippen LogP contribution in [0.1, 0.15) is 135 Å². The van der Waals surface area contributed by atoms with Crippen LogP contribution in [0, 0.1) is 43.1 Å². The van der Waals surface area contributed by atoms with Crippen LogP contribution in [-0.2, 0) is 24.9 Å². The van der Waals surface area contributed by atoms with Gasteiger partial charge < -0.3 is 9.52 Å². The van der Waals surface area contributed by atoms with Gasteiger partial charge in [0.1, 0.15) is 11.3 Å². The van der Waals surface area contributed by atoms with Gasteiger partial charge in [-0.1, -0.05) is 104 Å². The van der Waals surface area contributed by atoms with Gasteiger partial charge >= 0.3 is 0 Å². The third-order valence-corrected chi connectivity index (χ3v) is 12.5. The molecule has 0 unspecified atom stereocenters. The van der Waals surface area contributed by atoms with Crippen molar-refractivity contribution in [2.75, 3.05) is 0 Å². The number of aliphatic hydroxyl groups is 1. The average Bonchev–Trinajstić information content (AvgIpc) is 3.48. The van der Waals surface area contributed by atoms with Crippen molar-refractivity contribution in [1.29, 1.82) is 0 Å². The first kappa shape index (κ1) is 41.5. The predicted octanol–water partition coefficient (Wildman–Crippen LogP) is 13.9. The normalized spacial score (nSPS) is 15.4.